The van der Waals surface area contributed by atoms with Crippen molar-refractivity contribution in [3.05, 3.63) is 0 Å². The molecule has 76 heavy (non-hydrogen) atoms. The number of nitrogens with zero attached hydrogens (tertiary/aromatic N) is 1. The van der Waals surface area contributed by atoms with Crippen LogP contribution in [0.25, 0.3) is 0 Å². The molecule has 0 spiro atoms. The maximum Gasteiger partial charge on any atom is 0.407 e. The van der Waals surface area contributed by atoms with Crippen LogP contribution in [0, 0.1) is 88.8 Å². The standard InChI is InChI=1S/C54H81N7O15/c62-49(71-34-31-68-28-22-58-52(65)74-37-46-40-13-7-1-2-8-14-41(40)46)55-19-25-61(26-20-56-50(63)72-35-32-69-29-23-59-53(66)75-38-47-42-15-9-3-4-10-16-43(42)47)27-21-57-51(64)73-36-33-70-30-24-60-54(67)76-39-48-44-17-11-5-6-12-18-45(44)48/h40-48H,7-39H2,(H,55,62)(H,56,63)(H,57,64)(H,58,65)(H,59,66)(H,60,67)/t40-,41+,42-,43+,44-,45+,46-,47-,48-. The molecule has 422 valence electrons. The molecule has 0 aromatic heterocycles. The van der Waals surface area contributed by atoms with Gasteiger partial charge >= 0.3 is 36.6 Å². The van der Waals surface area contributed by atoms with Gasteiger partial charge in [0.25, 0.3) is 0 Å². The zero-order valence-corrected chi connectivity index (χ0v) is 44.1. The summed E-state index contributed by atoms with van der Waals surface area (Å²) >= 11 is 0. The Morgan fingerprint density at radius 3 is 0.816 bits per heavy atom. The Hall–Kier alpha value is -5.86. The summed E-state index contributed by atoms with van der Waals surface area (Å²) in [5, 5.41) is 16.1. The van der Waals surface area contributed by atoms with Crippen molar-refractivity contribution >= 4 is 36.6 Å². The minimum absolute atomic E-state index is 0.00461. The third kappa shape index (κ3) is 23.6. The van der Waals surface area contributed by atoms with Crippen LogP contribution in [0.15, 0.2) is 0 Å². The smallest absolute Gasteiger partial charge is 0.407 e. The summed E-state index contributed by atoms with van der Waals surface area (Å²) in [5.74, 6) is 23.9. The summed E-state index contributed by atoms with van der Waals surface area (Å²) in [4.78, 5) is 75.5. The van der Waals surface area contributed by atoms with Crippen molar-refractivity contribution < 1.29 is 71.4 Å². The van der Waals surface area contributed by atoms with E-state index in [4.69, 9.17) is 42.6 Å². The molecule has 6 aliphatic rings. The Morgan fingerprint density at radius 2 is 0.553 bits per heavy atom. The van der Waals surface area contributed by atoms with E-state index in [2.05, 4.69) is 67.4 Å². The zero-order valence-electron chi connectivity index (χ0n) is 44.1. The first-order valence-electron chi connectivity index (χ1n) is 27.5. The summed E-state index contributed by atoms with van der Waals surface area (Å²) in [6.45, 7) is 4.63. The van der Waals surface area contributed by atoms with E-state index in [1.807, 2.05) is 4.90 Å². The van der Waals surface area contributed by atoms with Crippen LogP contribution in [0.3, 0.4) is 0 Å². The van der Waals surface area contributed by atoms with Gasteiger partial charge in [0.15, 0.2) is 0 Å². The van der Waals surface area contributed by atoms with Crippen LogP contribution in [0.4, 0.5) is 28.8 Å². The fourth-order valence-electron chi connectivity index (χ4n) is 10.5. The number of hydrogen-bond acceptors (Lipinski definition) is 16. The highest BCUT2D eigenvalue weighted by molar-refractivity contribution is 5.69. The highest BCUT2D eigenvalue weighted by atomic mass is 16.6. The maximum atomic E-state index is 12.4. The molecular formula is C54H81N7O15. The Kier molecular flexibility index (Phi) is 27.1. The predicted octanol–water partition coefficient (Wildman–Crippen LogP) is 4.01. The Balaban J connectivity index is 0.766. The van der Waals surface area contributed by atoms with E-state index < -0.39 is 36.6 Å². The van der Waals surface area contributed by atoms with Gasteiger partial charge < -0.3 is 74.5 Å². The fraction of sp³-hybridized carbons (Fsp3) is 0.778. The largest absolute Gasteiger partial charge is 0.449 e. The predicted molar refractivity (Wildman–Crippen MR) is 275 cm³/mol. The van der Waals surface area contributed by atoms with Crippen molar-refractivity contribution in [2.45, 2.75) is 77.0 Å². The lowest BCUT2D eigenvalue weighted by atomic mass is 10.1. The minimum Gasteiger partial charge on any atom is -0.449 e. The average molecular weight is 1070 g/mol. The molecule has 0 unspecified atom stereocenters. The number of ether oxygens (including phenoxy) is 9. The molecule has 3 fully saturated rings. The van der Waals surface area contributed by atoms with Crippen LogP contribution in [-0.2, 0) is 42.6 Å². The Labute approximate surface area is 447 Å². The van der Waals surface area contributed by atoms with Crippen LogP contribution in [0.1, 0.15) is 77.0 Å². The van der Waals surface area contributed by atoms with Gasteiger partial charge in [-0.25, -0.2) is 28.8 Å². The topological polar surface area (TPSA) is 261 Å². The van der Waals surface area contributed by atoms with E-state index in [-0.39, 0.29) is 98.7 Å². The lowest BCUT2D eigenvalue weighted by Gasteiger charge is -2.22. The lowest BCUT2D eigenvalue weighted by Crippen LogP contribution is -2.43. The summed E-state index contributed by atoms with van der Waals surface area (Å²) in [6.07, 6.45) is 8.45. The van der Waals surface area contributed by atoms with Crippen molar-refractivity contribution in [3.8, 4) is 35.5 Å². The van der Waals surface area contributed by atoms with E-state index >= 15 is 0 Å². The zero-order chi connectivity index (χ0) is 53.4. The molecule has 0 bridgehead atoms. The molecule has 0 heterocycles. The second-order valence-electron chi connectivity index (χ2n) is 19.7. The van der Waals surface area contributed by atoms with Crippen LogP contribution in [-0.4, -0.2) is 180 Å². The number of fused-ring (bicyclic) bond motifs is 3. The summed E-state index contributed by atoms with van der Waals surface area (Å²) in [7, 11) is 0. The molecule has 22 nitrogen and oxygen atoms in total. The molecule has 22 heteroatoms. The number of carbonyl (C=O) groups excluding carboxylic acids is 6. The first-order valence-corrected chi connectivity index (χ1v) is 27.5. The molecule has 0 saturated heterocycles. The van der Waals surface area contributed by atoms with Crippen molar-refractivity contribution in [2.24, 2.45) is 53.3 Å². The molecule has 6 N–H and O–H groups in total. The van der Waals surface area contributed by atoms with Crippen molar-refractivity contribution in [3.63, 3.8) is 0 Å². The summed E-state index contributed by atoms with van der Waals surface area (Å²) in [6, 6.07) is 0. The van der Waals surface area contributed by atoms with Gasteiger partial charge in [-0.1, -0.05) is 0 Å². The first-order chi connectivity index (χ1) is 37.3. The van der Waals surface area contributed by atoms with E-state index in [0.717, 1.165) is 77.0 Å². The number of nitrogens with one attached hydrogen (secondary N) is 6. The quantitative estimate of drug-likeness (QED) is 0.0308. The van der Waals surface area contributed by atoms with Gasteiger partial charge in [0.2, 0.25) is 0 Å². The second kappa shape index (κ2) is 34.7. The number of carbonyl (C=O) groups is 6. The highest BCUT2D eigenvalue weighted by Crippen LogP contribution is 2.54. The molecular weight excluding hydrogens is 987 g/mol. The van der Waals surface area contributed by atoms with Gasteiger partial charge in [-0.3, -0.25) is 4.90 Å². The highest BCUT2D eigenvalue weighted by Gasteiger charge is 2.51. The Morgan fingerprint density at radius 1 is 0.316 bits per heavy atom. The molecule has 0 radical (unpaired) electrons. The van der Waals surface area contributed by atoms with Crippen LogP contribution < -0.4 is 31.9 Å². The molecule has 0 aromatic rings. The third-order valence-corrected chi connectivity index (χ3v) is 14.8. The van der Waals surface area contributed by atoms with E-state index in [1.54, 1.807) is 0 Å². The first kappa shape index (κ1) is 59.4. The number of amides is 6. The van der Waals surface area contributed by atoms with Crippen molar-refractivity contribution in [2.75, 3.05) is 138 Å². The van der Waals surface area contributed by atoms with E-state index in [9.17, 15) is 28.8 Å². The molecule has 0 aliphatic heterocycles. The van der Waals surface area contributed by atoms with E-state index in [1.165, 1.54) is 0 Å². The van der Waals surface area contributed by atoms with Gasteiger partial charge in [0, 0.05) is 97.4 Å². The van der Waals surface area contributed by atoms with E-state index in [0.29, 0.717) is 92.7 Å². The maximum absolute atomic E-state index is 12.4. The molecule has 6 rings (SSSR count). The van der Waals surface area contributed by atoms with Crippen LogP contribution in [0.2, 0.25) is 0 Å². The average Bonchev–Trinajstić information content (AvgIpc) is 4.34. The van der Waals surface area contributed by atoms with Gasteiger partial charge in [-0.05, 0) is 91.8 Å². The number of rotatable bonds is 33. The van der Waals surface area contributed by atoms with Crippen molar-refractivity contribution in [1.82, 2.24) is 36.8 Å². The summed E-state index contributed by atoms with van der Waals surface area (Å²) in [5.41, 5.74) is 0. The monoisotopic (exact) mass is 1070 g/mol. The molecule has 0 aromatic carbocycles. The Bertz CT molecular complexity index is 1750. The van der Waals surface area contributed by atoms with Crippen LogP contribution in [0.5, 0.6) is 0 Å². The van der Waals surface area contributed by atoms with Gasteiger partial charge in [0.05, 0.1) is 59.5 Å². The lowest BCUT2D eigenvalue weighted by molar-refractivity contribution is 0.0717. The second-order valence-corrected chi connectivity index (χ2v) is 19.7. The van der Waals surface area contributed by atoms with Gasteiger partial charge in [0.1, 0.15) is 19.8 Å². The molecule has 9 atom stereocenters. The fourth-order valence-corrected chi connectivity index (χ4v) is 10.5. The summed E-state index contributed by atoms with van der Waals surface area (Å²) < 4.78 is 48.3. The van der Waals surface area contributed by atoms with Crippen molar-refractivity contribution in [1.29, 1.82) is 0 Å². The molecule has 6 aliphatic carbocycles. The number of alkyl carbamates (subject to hydrolysis) is 6. The van der Waals surface area contributed by atoms with Gasteiger partial charge in [-0.2, -0.15) is 0 Å². The normalized spacial score (nSPS) is 24.2. The minimum atomic E-state index is -0.650. The molecule has 6 amide bonds. The third-order valence-electron chi connectivity index (χ3n) is 14.8. The number of hydrogen-bond donors (Lipinski definition) is 6. The SMILES string of the molecule is O=C(NCCN(CCNC(=O)OCCOCCNC(=O)OC[C@@H]1[C@@H]2CCC#CCC[C@@H]21)CCNC(=O)OCCOCCNC(=O)OC[C@@H]1[C@@H]2CCC#CCC[C@@H]21)OCCOCCNC(=O)OC[C@@H]1[C@@H]2CCC#CCC[C@@H]21. The van der Waals surface area contributed by atoms with Gasteiger partial charge in [-0.15, -0.1) is 35.5 Å². The van der Waals surface area contributed by atoms with Crippen LogP contribution >= 0.6 is 0 Å². The molecule has 3 saturated carbocycles.